The third kappa shape index (κ3) is 2.36. The Morgan fingerprint density at radius 1 is 1.30 bits per heavy atom. The van der Waals surface area contributed by atoms with E-state index in [4.69, 9.17) is 11.5 Å². The van der Waals surface area contributed by atoms with Gasteiger partial charge < -0.3 is 16.6 Å². The number of carbonyl (C=O) groups is 1. The maximum absolute atomic E-state index is 15.4. The number of halogens is 2. The Labute approximate surface area is 153 Å². The Balaban J connectivity index is 2.20. The van der Waals surface area contributed by atoms with Gasteiger partial charge in [0, 0.05) is 34.7 Å². The van der Waals surface area contributed by atoms with E-state index in [0.29, 0.717) is 5.56 Å². The molecule has 1 aliphatic carbocycles. The highest BCUT2D eigenvalue weighted by Gasteiger charge is 2.33. The van der Waals surface area contributed by atoms with E-state index in [1.165, 1.54) is 17.7 Å². The summed E-state index contributed by atoms with van der Waals surface area (Å²) in [7, 11) is 0. The normalized spacial score (nSPS) is 14.1. The predicted molar refractivity (Wildman–Crippen MR) is 97.0 cm³/mol. The summed E-state index contributed by atoms with van der Waals surface area (Å²) in [6.07, 6.45) is 3.03. The van der Waals surface area contributed by atoms with Crippen molar-refractivity contribution in [1.82, 2.24) is 9.55 Å². The molecule has 3 aromatic rings. The van der Waals surface area contributed by atoms with Crippen molar-refractivity contribution in [3.8, 4) is 11.4 Å². The highest BCUT2D eigenvalue weighted by Crippen LogP contribution is 2.44. The van der Waals surface area contributed by atoms with E-state index in [9.17, 15) is 14.3 Å². The van der Waals surface area contributed by atoms with Gasteiger partial charge in [-0.3, -0.25) is 14.3 Å². The lowest BCUT2D eigenvalue weighted by Crippen LogP contribution is -2.14. The van der Waals surface area contributed by atoms with Crippen LogP contribution >= 0.6 is 0 Å². The van der Waals surface area contributed by atoms with Crippen LogP contribution in [0.1, 0.15) is 45.9 Å². The van der Waals surface area contributed by atoms with Gasteiger partial charge in [-0.25, -0.2) is 8.78 Å². The van der Waals surface area contributed by atoms with Crippen molar-refractivity contribution in [1.29, 1.82) is 0 Å². The minimum Gasteiger partial charge on any atom is -0.507 e. The minimum atomic E-state index is -0.840. The van der Waals surface area contributed by atoms with Crippen molar-refractivity contribution in [3.63, 3.8) is 0 Å². The molecule has 0 radical (unpaired) electrons. The van der Waals surface area contributed by atoms with E-state index in [1.54, 1.807) is 6.92 Å². The van der Waals surface area contributed by atoms with Crippen LogP contribution in [0.4, 0.5) is 14.6 Å². The van der Waals surface area contributed by atoms with Gasteiger partial charge in [0.1, 0.15) is 17.4 Å². The number of nitrogens with zero attached hydrogens (tertiary/aromatic N) is 2. The molecule has 5 N–H and O–H groups in total. The fourth-order valence-corrected chi connectivity index (χ4v) is 3.58. The number of phenols is 1. The molecule has 2 aromatic heterocycles. The number of aromatic hydroxyl groups is 1. The zero-order valence-corrected chi connectivity index (χ0v) is 14.8. The minimum absolute atomic E-state index is 0.00870. The van der Waals surface area contributed by atoms with Gasteiger partial charge in [-0.15, -0.1) is 0 Å². The predicted octanol–water partition coefficient (Wildman–Crippen LogP) is 3.18. The summed E-state index contributed by atoms with van der Waals surface area (Å²) in [6.45, 7) is 3.06. The second-order valence-electron chi connectivity index (χ2n) is 6.93. The van der Waals surface area contributed by atoms with Crippen LogP contribution < -0.4 is 11.5 Å². The van der Waals surface area contributed by atoms with Gasteiger partial charge >= 0.3 is 0 Å². The molecule has 1 saturated carbocycles. The lowest BCUT2D eigenvalue weighted by molar-refractivity contribution is 0.100. The Morgan fingerprint density at radius 3 is 2.56 bits per heavy atom. The van der Waals surface area contributed by atoms with E-state index in [1.807, 2.05) is 0 Å². The first-order valence-electron chi connectivity index (χ1n) is 8.51. The number of hydrogen-bond donors (Lipinski definition) is 3. The number of primary amides is 1. The molecule has 0 bridgehead atoms. The van der Waals surface area contributed by atoms with Gasteiger partial charge in [-0.2, -0.15) is 0 Å². The third-order valence-electron chi connectivity index (χ3n) is 5.16. The number of aromatic nitrogens is 2. The lowest BCUT2D eigenvalue weighted by atomic mass is 10.1. The van der Waals surface area contributed by atoms with Gasteiger partial charge in [0.15, 0.2) is 5.82 Å². The highest BCUT2D eigenvalue weighted by atomic mass is 19.1. The van der Waals surface area contributed by atoms with Crippen molar-refractivity contribution in [2.24, 2.45) is 5.73 Å². The molecule has 1 amide bonds. The molecular weight excluding hydrogens is 354 g/mol. The average Bonchev–Trinajstić information content (AvgIpc) is 3.38. The number of hydrogen-bond acceptors (Lipinski definition) is 4. The maximum atomic E-state index is 15.4. The molecule has 1 aromatic carbocycles. The molecule has 0 spiro atoms. The van der Waals surface area contributed by atoms with Gasteiger partial charge in [-0.05, 0) is 26.7 Å². The quantitative estimate of drug-likeness (QED) is 0.656. The number of carbonyl (C=O) groups excluding carboxylic acids is 1. The van der Waals surface area contributed by atoms with E-state index in [-0.39, 0.29) is 50.9 Å². The molecule has 140 valence electrons. The van der Waals surface area contributed by atoms with Crippen molar-refractivity contribution < 1.29 is 18.7 Å². The Kier molecular flexibility index (Phi) is 3.62. The van der Waals surface area contributed by atoms with Crippen molar-refractivity contribution in [2.75, 3.05) is 5.73 Å². The van der Waals surface area contributed by atoms with E-state index in [0.717, 1.165) is 18.9 Å². The number of phenolic OH excluding ortho intramolecular Hbond substituents is 1. The molecule has 0 saturated heterocycles. The van der Waals surface area contributed by atoms with Crippen LogP contribution in [-0.4, -0.2) is 20.6 Å². The smallest absolute Gasteiger partial charge is 0.253 e. The summed E-state index contributed by atoms with van der Waals surface area (Å²) < 4.78 is 30.9. The van der Waals surface area contributed by atoms with E-state index in [2.05, 4.69) is 4.98 Å². The summed E-state index contributed by atoms with van der Waals surface area (Å²) in [4.78, 5) is 16.1. The van der Waals surface area contributed by atoms with Gasteiger partial charge in [-0.1, -0.05) is 0 Å². The first kappa shape index (κ1) is 17.3. The Morgan fingerprint density at radius 2 is 1.96 bits per heavy atom. The molecule has 1 aliphatic rings. The standard InChI is InChI=1S/C19H18F2N4O2/c1-7-11(20)5-12(26)8(2)16(7)25-17-10(13(18(25)22)19(23)27)6-24-15(14(17)21)9-3-4-9/h5-6,9,26H,3-4,22H2,1-2H3,(H2,23,27). The van der Waals surface area contributed by atoms with Gasteiger partial charge in [0.2, 0.25) is 0 Å². The number of pyridine rings is 1. The number of benzene rings is 1. The van der Waals surface area contributed by atoms with Crippen LogP contribution in [0.5, 0.6) is 5.75 Å². The number of anilines is 1. The van der Waals surface area contributed by atoms with Gasteiger partial charge in [0.05, 0.1) is 22.5 Å². The number of nitrogen functional groups attached to an aromatic ring is 1. The second kappa shape index (κ2) is 5.67. The summed E-state index contributed by atoms with van der Waals surface area (Å²) in [6, 6.07) is 0.985. The SMILES string of the molecule is Cc1c(O)cc(F)c(C)c1-n1c(N)c(C(N)=O)c2cnc(C3CC3)c(F)c21. The monoisotopic (exact) mass is 372 g/mol. The molecule has 8 heteroatoms. The molecular formula is C19H18F2N4O2. The zero-order valence-electron chi connectivity index (χ0n) is 14.8. The third-order valence-corrected chi connectivity index (χ3v) is 5.16. The second-order valence-corrected chi connectivity index (χ2v) is 6.93. The van der Waals surface area contributed by atoms with Crippen LogP contribution in [0.2, 0.25) is 0 Å². The molecule has 2 heterocycles. The Hall–Kier alpha value is -3.16. The molecule has 0 aliphatic heterocycles. The highest BCUT2D eigenvalue weighted by molar-refractivity contribution is 6.11. The number of amides is 1. The van der Waals surface area contributed by atoms with Crippen LogP contribution in [0, 0.1) is 25.5 Å². The first-order valence-corrected chi connectivity index (χ1v) is 8.51. The summed E-state index contributed by atoms with van der Waals surface area (Å²) in [5.74, 6) is -2.54. The van der Waals surface area contributed by atoms with Gasteiger partial charge in [0.25, 0.3) is 5.91 Å². The maximum Gasteiger partial charge on any atom is 0.253 e. The van der Waals surface area contributed by atoms with E-state index < -0.39 is 17.5 Å². The molecule has 0 atom stereocenters. The van der Waals surface area contributed by atoms with Crippen molar-refractivity contribution in [3.05, 3.63) is 46.3 Å². The van der Waals surface area contributed by atoms with E-state index >= 15 is 4.39 Å². The topological polar surface area (TPSA) is 107 Å². The van der Waals surface area contributed by atoms with Crippen LogP contribution in [0.25, 0.3) is 16.6 Å². The fraction of sp³-hybridized carbons (Fsp3) is 0.263. The van der Waals surface area contributed by atoms with Crippen molar-refractivity contribution >= 4 is 22.6 Å². The lowest BCUT2D eigenvalue weighted by Gasteiger charge is -2.17. The molecule has 6 nitrogen and oxygen atoms in total. The number of rotatable bonds is 3. The largest absolute Gasteiger partial charge is 0.507 e. The first-order chi connectivity index (χ1) is 12.7. The van der Waals surface area contributed by atoms with Crippen molar-refractivity contribution in [2.45, 2.75) is 32.6 Å². The molecule has 27 heavy (non-hydrogen) atoms. The molecule has 1 fully saturated rings. The number of fused-ring (bicyclic) bond motifs is 1. The zero-order chi connectivity index (χ0) is 19.6. The summed E-state index contributed by atoms with van der Waals surface area (Å²) >= 11 is 0. The fourth-order valence-electron chi connectivity index (χ4n) is 3.58. The molecule has 4 rings (SSSR count). The molecule has 0 unspecified atom stereocenters. The average molecular weight is 372 g/mol. The summed E-state index contributed by atoms with van der Waals surface area (Å²) in [5.41, 5.74) is 12.5. The Bertz CT molecular complexity index is 1110. The number of nitrogens with two attached hydrogens (primary N) is 2. The van der Waals surface area contributed by atoms with Crippen LogP contribution in [0.3, 0.4) is 0 Å². The van der Waals surface area contributed by atoms with Crippen LogP contribution in [0.15, 0.2) is 12.3 Å². The summed E-state index contributed by atoms with van der Waals surface area (Å²) in [5, 5.41) is 10.2. The van der Waals surface area contributed by atoms with Crippen LogP contribution in [-0.2, 0) is 0 Å².